The SMILES string of the molecule is Cc1cc(C)c(N2CCCCC2)cc1N. The summed E-state index contributed by atoms with van der Waals surface area (Å²) in [5.74, 6) is 0. The zero-order chi connectivity index (χ0) is 10.8. The Bertz CT molecular complexity index is 352. The lowest BCUT2D eigenvalue weighted by Crippen LogP contribution is -2.30. The van der Waals surface area contributed by atoms with E-state index in [2.05, 4.69) is 30.9 Å². The normalized spacial score (nSPS) is 16.8. The van der Waals surface area contributed by atoms with Gasteiger partial charge in [-0.1, -0.05) is 6.07 Å². The van der Waals surface area contributed by atoms with E-state index in [9.17, 15) is 0 Å². The Morgan fingerprint density at radius 3 is 2.33 bits per heavy atom. The van der Waals surface area contributed by atoms with Crippen LogP contribution in [0.25, 0.3) is 0 Å². The third kappa shape index (κ3) is 2.09. The molecule has 1 aliphatic heterocycles. The van der Waals surface area contributed by atoms with Crippen LogP contribution in [0.4, 0.5) is 11.4 Å². The Labute approximate surface area is 92.1 Å². The van der Waals surface area contributed by atoms with Gasteiger partial charge in [0.25, 0.3) is 0 Å². The number of nitrogens with zero attached hydrogens (tertiary/aromatic N) is 1. The van der Waals surface area contributed by atoms with Gasteiger partial charge in [0, 0.05) is 24.5 Å². The van der Waals surface area contributed by atoms with Gasteiger partial charge in [-0.15, -0.1) is 0 Å². The number of benzene rings is 1. The summed E-state index contributed by atoms with van der Waals surface area (Å²) in [6, 6.07) is 4.33. The predicted molar refractivity (Wildman–Crippen MR) is 66.4 cm³/mol. The fraction of sp³-hybridized carbons (Fsp3) is 0.538. The predicted octanol–water partition coefficient (Wildman–Crippen LogP) is 2.88. The summed E-state index contributed by atoms with van der Waals surface area (Å²) < 4.78 is 0. The van der Waals surface area contributed by atoms with E-state index in [1.54, 1.807) is 0 Å². The van der Waals surface area contributed by atoms with E-state index >= 15 is 0 Å². The quantitative estimate of drug-likeness (QED) is 0.713. The number of nitrogen functional groups attached to an aromatic ring is 1. The monoisotopic (exact) mass is 204 g/mol. The van der Waals surface area contributed by atoms with E-state index in [1.807, 2.05) is 0 Å². The van der Waals surface area contributed by atoms with Crippen LogP contribution in [0.1, 0.15) is 30.4 Å². The van der Waals surface area contributed by atoms with Crippen LogP contribution < -0.4 is 10.6 Å². The zero-order valence-electron chi connectivity index (χ0n) is 9.71. The summed E-state index contributed by atoms with van der Waals surface area (Å²) in [5, 5.41) is 0. The molecular weight excluding hydrogens is 184 g/mol. The molecule has 0 unspecified atom stereocenters. The minimum Gasteiger partial charge on any atom is -0.398 e. The van der Waals surface area contributed by atoms with Gasteiger partial charge in [0.1, 0.15) is 0 Å². The third-order valence-corrected chi connectivity index (χ3v) is 3.28. The Morgan fingerprint density at radius 2 is 1.67 bits per heavy atom. The molecule has 1 aliphatic rings. The van der Waals surface area contributed by atoms with E-state index in [0.717, 1.165) is 5.69 Å². The van der Waals surface area contributed by atoms with Gasteiger partial charge in [0.15, 0.2) is 0 Å². The average Bonchev–Trinajstić information content (AvgIpc) is 2.25. The van der Waals surface area contributed by atoms with Crippen LogP contribution in [0.15, 0.2) is 12.1 Å². The summed E-state index contributed by atoms with van der Waals surface area (Å²) in [6.07, 6.45) is 4.00. The maximum atomic E-state index is 5.97. The number of aryl methyl sites for hydroxylation is 2. The van der Waals surface area contributed by atoms with Gasteiger partial charge >= 0.3 is 0 Å². The average molecular weight is 204 g/mol. The van der Waals surface area contributed by atoms with Crippen LogP contribution in [0, 0.1) is 13.8 Å². The summed E-state index contributed by atoms with van der Waals surface area (Å²) in [5.41, 5.74) is 10.8. The second-order valence-corrected chi connectivity index (χ2v) is 4.54. The molecule has 0 atom stereocenters. The second-order valence-electron chi connectivity index (χ2n) is 4.54. The first-order valence-corrected chi connectivity index (χ1v) is 5.80. The highest BCUT2D eigenvalue weighted by Crippen LogP contribution is 2.27. The number of piperidine rings is 1. The molecule has 1 fully saturated rings. The second kappa shape index (κ2) is 4.13. The lowest BCUT2D eigenvalue weighted by atomic mass is 10.0. The minimum absolute atomic E-state index is 0.918. The minimum atomic E-state index is 0.918. The van der Waals surface area contributed by atoms with Gasteiger partial charge in [-0.2, -0.15) is 0 Å². The molecule has 2 heteroatoms. The molecule has 0 bridgehead atoms. The highest BCUT2D eigenvalue weighted by molar-refractivity contribution is 5.64. The maximum absolute atomic E-state index is 5.97. The fourth-order valence-electron chi connectivity index (χ4n) is 2.33. The van der Waals surface area contributed by atoms with E-state index in [0.29, 0.717) is 0 Å². The van der Waals surface area contributed by atoms with Gasteiger partial charge in [-0.3, -0.25) is 0 Å². The first kappa shape index (κ1) is 10.3. The van der Waals surface area contributed by atoms with Crippen molar-refractivity contribution >= 4 is 11.4 Å². The molecule has 2 nitrogen and oxygen atoms in total. The number of nitrogens with two attached hydrogens (primary N) is 1. The lowest BCUT2D eigenvalue weighted by molar-refractivity contribution is 0.577. The van der Waals surface area contributed by atoms with Crippen molar-refractivity contribution in [2.45, 2.75) is 33.1 Å². The molecule has 15 heavy (non-hydrogen) atoms. The molecule has 2 rings (SSSR count). The van der Waals surface area contributed by atoms with Crippen LogP contribution in [0.2, 0.25) is 0 Å². The number of hydrogen-bond acceptors (Lipinski definition) is 2. The molecule has 2 N–H and O–H groups in total. The van der Waals surface area contributed by atoms with Gasteiger partial charge in [0.2, 0.25) is 0 Å². The van der Waals surface area contributed by atoms with Crippen molar-refractivity contribution in [1.82, 2.24) is 0 Å². The van der Waals surface area contributed by atoms with Crippen LogP contribution >= 0.6 is 0 Å². The molecule has 1 saturated heterocycles. The van der Waals surface area contributed by atoms with Crippen molar-refractivity contribution < 1.29 is 0 Å². The van der Waals surface area contributed by atoms with Crippen molar-refractivity contribution in [3.8, 4) is 0 Å². The van der Waals surface area contributed by atoms with E-state index in [-0.39, 0.29) is 0 Å². The van der Waals surface area contributed by atoms with Crippen molar-refractivity contribution in [3.05, 3.63) is 23.3 Å². The maximum Gasteiger partial charge on any atom is 0.0416 e. The van der Waals surface area contributed by atoms with E-state index in [1.165, 1.54) is 49.2 Å². The summed E-state index contributed by atoms with van der Waals surface area (Å²) in [6.45, 7) is 6.62. The fourth-order valence-corrected chi connectivity index (χ4v) is 2.33. The van der Waals surface area contributed by atoms with Gasteiger partial charge in [-0.25, -0.2) is 0 Å². The van der Waals surface area contributed by atoms with Gasteiger partial charge in [-0.05, 0) is 50.3 Å². The number of hydrogen-bond donors (Lipinski definition) is 1. The Kier molecular flexibility index (Phi) is 2.85. The van der Waals surface area contributed by atoms with Crippen molar-refractivity contribution in [2.75, 3.05) is 23.7 Å². The highest BCUT2D eigenvalue weighted by atomic mass is 15.1. The first-order chi connectivity index (χ1) is 7.18. The standard InChI is InChI=1S/C13H20N2/c1-10-8-11(2)13(9-12(10)14)15-6-4-3-5-7-15/h8-9H,3-7,14H2,1-2H3. The molecule has 82 valence electrons. The topological polar surface area (TPSA) is 29.3 Å². The highest BCUT2D eigenvalue weighted by Gasteiger charge is 2.13. The first-order valence-electron chi connectivity index (χ1n) is 5.80. The Hall–Kier alpha value is -1.18. The number of rotatable bonds is 1. The molecule has 1 heterocycles. The van der Waals surface area contributed by atoms with E-state index < -0.39 is 0 Å². The van der Waals surface area contributed by atoms with Crippen LogP contribution in [-0.4, -0.2) is 13.1 Å². The van der Waals surface area contributed by atoms with E-state index in [4.69, 9.17) is 5.73 Å². The lowest BCUT2D eigenvalue weighted by Gasteiger charge is -2.30. The largest absolute Gasteiger partial charge is 0.398 e. The van der Waals surface area contributed by atoms with Gasteiger partial charge in [0.05, 0.1) is 0 Å². The number of anilines is 2. The Balaban J connectivity index is 2.30. The molecular formula is C13H20N2. The molecule has 0 saturated carbocycles. The molecule has 0 amide bonds. The van der Waals surface area contributed by atoms with Crippen molar-refractivity contribution in [1.29, 1.82) is 0 Å². The van der Waals surface area contributed by atoms with Crippen molar-refractivity contribution in [2.24, 2.45) is 0 Å². The van der Waals surface area contributed by atoms with Crippen LogP contribution in [0.3, 0.4) is 0 Å². The molecule has 0 radical (unpaired) electrons. The van der Waals surface area contributed by atoms with Crippen LogP contribution in [-0.2, 0) is 0 Å². The third-order valence-electron chi connectivity index (χ3n) is 3.28. The molecule has 0 aliphatic carbocycles. The smallest absolute Gasteiger partial charge is 0.0416 e. The summed E-state index contributed by atoms with van der Waals surface area (Å²) in [7, 11) is 0. The Morgan fingerprint density at radius 1 is 1.00 bits per heavy atom. The van der Waals surface area contributed by atoms with Crippen LogP contribution in [0.5, 0.6) is 0 Å². The summed E-state index contributed by atoms with van der Waals surface area (Å²) in [4.78, 5) is 2.47. The van der Waals surface area contributed by atoms with Crippen molar-refractivity contribution in [3.63, 3.8) is 0 Å². The zero-order valence-corrected chi connectivity index (χ0v) is 9.71. The molecule has 1 aromatic rings. The van der Waals surface area contributed by atoms with Gasteiger partial charge < -0.3 is 10.6 Å². The summed E-state index contributed by atoms with van der Waals surface area (Å²) >= 11 is 0. The molecule has 0 aromatic heterocycles. The molecule has 0 spiro atoms. The molecule has 1 aromatic carbocycles.